The molecule has 2 aliphatic heterocycles. The lowest BCUT2D eigenvalue weighted by Crippen LogP contribution is -2.36. The van der Waals surface area contributed by atoms with Gasteiger partial charge >= 0.3 is 0 Å². The molecule has 1 fully saturated rings. The molecule has 2 aliphatic rings. The fraction of sp³-hybridized carbons (Fsp3) is 0.364. The second-order valence-electron chi connectivity index (χ2n) is 7.60. The quantitative estimate of drug-likeness (QED) is 0.821. The van der Waals surface area contributed by atoms with E-state index in [1.807, 2.05) is 32.0 Å². The highest BCUT2D eigenvalue weighted by molar-refractivity contribution is 6.09. The molecule has 4 rings (SSSR count). The van der Waals surface area contributed by atoms with Crippen molar-refractivity contribution in [1.82, 2.24) is 10.6 Å². The Labute approximate surface area is 159 Å². The van der Waals surface area contributed by atoms with Crippen LogP contribution in [0, 0.1) is 19.8 Å². The van der Waals surface area contributed by atoms with Gasteiger partial charge in [0.15, 0.2) is 0 Å². The second kappa shape index (κ2) is 7.16. The lowest BCUT2D eigenvalue weighted by atomic mass is 10.1. The number of nitrogens with one attached hydrogen (secondary N) is 2. The predicted molar refractivity (Wildman–Crippen MR) is 105 cm³/mol. The van der Waals surface area contributed by atoms with Crippen molar-refractivity contribution in [3.05, 3.63) is 64.2 Å². The predicted octanol–water partition coefficient (Wildman–Crippen LogP) is 2.58. The van der Waals surface area contributed by atoms with Gasteiger partial charge in [-0.05, 0) is 60.2 Å². The van der Waals surface area contributed by atoms with Gasteiger partial charge in [0, 0.05) is 31.9 Å². The summed E-state index contributed by atoms with van der Waals surface area (Å²) in [6.07, 6.45) is 0.561. The van der Waals surface area contributed by atoms with E-state index in [0.29, 0.717) is 19.5 Å². The summed E-state index contributed by atoms with van der Waals surface area (Å²) in [6.45, 7) is 6.88. The second-order valence-corrected chi connectivity index (χ2v) is 7.60. The Bertz CT molecular complexity index is 886. The van der Waals surface area contributed by atoms with Gasteiger partial charge < -0.3 is 15.5 Å². The molecule has 5 heteroatoms. The maximum absolute atomic E-state index is 12.8. The van der Waals surface area contributed by atoms with Crippen LogP contribution >= 0.6 is 0 Å². The Morgan fingerprint density at radius 1 is 1.11 bits per heavy atom. The SMILES string of the molecule is Cc1cc(C)cc(N2CCC(C(=O)NCc3ccc4c(c3)CNC4)C2=O)c1. The van der Waals surface area contributed by atoms with Crippen LogP contribution in [0.2, 0.25) is 0 Å². The Kier molecular flexibility index (Phi) is 4.70. The average molecular weight is 363 g/mol. The number of nitrogens with zero attached hydrogens (tertiary/aromatic N) is 1. The van der Waals surface area contributed by atoms with E-state index >= 15 is 0 Å². The number of hydrogen-bond acceptors (Lipinski definition) is 3. The molecule has 1 saturated heterocycles. The number of amides is 2. The van der Waals surface area contributed by atoms with Crippen LogP contribution < -0.4 is 15.5 Å². The molecule has 0 aromatic heterocycles. The number of hydrogen-bond donors (Lipinski definition) is 2. The van der Waals surface area contributed by atoms with Crippen LogP contribution in [0.15, 0.2) is 36.4 Å². The fourth-order valence-electron chi connectivity index (χ4n) is 4.06. The zero-order valence-corrected chi connectivity index (χ0v) is 15.8. The van der Waals surface area contributed by atoms with Gasteiger partial charge in [0.25, 0.3) is 0 Å². The molecule has 0 aliphatic carbocycles. The summed E-state index contributed by atoms with van der Waals surface area (Å²) in [5, 5.41) is 6.27. The monoisotopic (exact) mass is 363 g/mol. The van der Waals surface area contributed by atoms with Crippen LogP contribution in [-0.4, -0.2) is 18.4 Å². The minimum atomic E-state index is -0.595. The van der Waals surface area contributed by atoms with E-state index in [1.54, 1.807) is 4.90 Å². The third-order valence-electron chi connectivity index (χ3n) is 5.41. The van der Waals surface area contributed by atoms with Crippen molar-refractivity contribution in [3.63, 3.8) is 0 Å². The molecule has 1 unspecified atom stereocenters. The zero-order chi connectivity index (χ0) is 19.0. The maximum atomic E-state index is 12.8. The minimum absolute atomic E-state index is 0.101. The largest absolute Gasteiger partial charge is 0.351 e. The summed E-state index contributed by atoms with van der Waals surface area (Å²) < 4.78 is 0. The van der Waals surface area contributed by atoms with Crippen molar-refractivity contribution < 1.29 is 9.59 Å². The van der Waals surface area contributed by atoms with Crippen LogP contribution in [0.25, 0.3) is 0 Å². The van der Waals surface area contributed by atoms with Crippen LogP contribution in [0.5, 0.6) is 0 Å². The molecule has 1 atom stereocenters. The number of anilines is 1. The highest BCUT2D eigenvalue weighted by atomic mass is 16.2. The lowest BCUT2D eigenvalue weighted by Gasteiger charge is -2.18. The third-order valence-corrected chi connectivity index (χ3v) is 5.41. The maximum Gasteiger partial charge on any atom is 0.239 e. The molecule has 140 valence electrons. The lowest BCUT2D eigenvalue weighted by molar-refractivity contribution is -0.132. The number of carbonyl (C=O) groups excluding carboxylic acids is 2. The van der Waals surface area contributed by atoms with Crippen LogP contribution in [0.3, 0.4) is 0 Å². The van der Waals surface area contributed by atoms with E-state index in [4.69, 9.17) is 0 Å². The molecule has 0 radical (unpaired) electrons. The van der Waals surface area contributed by atoms with E-state index in [1.165, 1.54) is 11.1 Å². The number of aryl methyl sites for hydroxylation is 2. The van der Waals surface area contributed by atoms with Crippen molar-refractivity contribution in [1.29, 1.82) is 0 Å². The Morgan fingerprint density at radius 3 is 2.63 bits per heavy atom. The fourth-order valence-corrected chi connectivity index (χ4v) is 4.06. The summed E-state index contributed by atoms with van der Waals surface area (Å²) in [5.41, 5.74) is 6.81. The highest BCUT2D eigenvalue weighted by Crippen LogP contribution is 2.27. The van der Waals surface area contributed by atoms with Gasteiger partial charge in [-0.15, -0.1) is 0 Å². The normalized spacial score (nSPS) is 18.7. The number of fused-ring (bicyclic) bond motifs is 1. The molecule has 2 heterocycles. The van der Waals surface area contributed by atoms with Gasteiger partial charge in [0.2, 0.25) is 11.8 Å². The first-order valence-electron chi connectivity index (χ1n) is 9.50. The molecular formula is C22H25N3O2. The Morgan fingerprint density at radius 2 is 1.85 bits per heavy atom. The van der Waals surface area contributed by atoms with E-state index in [-0.39, 0.29) is 11.8 Å². The molecule has 2 N–H and O–H groups in total. The molecule has 2 amide bonds. The smallest absolute Gasteiger partial charge is 0.239 e. The summed E-state index contributed by atoms with van der Waals surface area (Å²) in [5.74, 6) is -0.872. The van der Waals surface area contributed by atoms with Gasteiger partial charge in [0.05, 0.1) is 0 Å². The van der Waals surface area contributed by atoms with Crippen molar-refractivity contribution in [2.45, 2.75) is 39.9 Å². The zero-order valence-electron chi connectivity index (χ0n) is 15.8. The summed E-state index contributed by atoms with van der Waals surface area (Å²) in [7, 11) is 0. The van der Waals surface area contributed by atoms with Gasteiger partial charge in [-0.2, -0.15) is 0 Å². The summed E-state index contributed by atoms with van der Waals surface area (Å²) in [6, 6.07) is 12.4. The Hall–Kier alpha value is -2.66. The molecule has 27 heavy (non-hydrogen) atoms. The highest BCUT2D eigenvalue weighted by Gasteiger charge is 2.37. The first-order valence-corrected chi connectivity index (χ1v) is 9.50. The average Bonchev–Trinajstić information content (AvgIpc) is 3.24. The van der Waals surface area contributed by atoms with Crippen molar-refractivity contribution in [3.8, 4) is 0 Å². The molecule has 5 nitrogen and oxygen atoms in total. The van der Waals surface area contributed by atoms with E-state index in [0.717, 1.165) is 35.5 Å². The first-order chi connectivity index (χ1) is 13.0. The molecule has 2 aromatic carbocycles. The number of rotatable bonds is 4. The van der Waals surface area contributed by atoms with Gasteiger partial charge in [-0.1, -0.05) is 24.3 Å². The van der Waals surface area contributed by atoms with Crippen molar-refractivity contribution >= 4 is 17.5 Å². The molecular weight excluding hydrogens is 338 g/mol. The van der Waals surface area contributed by atoms with Gasteiger partial charge in [-0.3, -0.25) is 9.59 Å². The molecule has 0 saturated carbocycles. The van der Waals surface area contributed by atoms with Crippen molar-refractivity contribution in [2.24, 2.45) is 5.92 Å². The first kappa shape index (κ1) is 17.7. The molecule has 0 spiro atoms. The van der Waals surface area contributed by atoms with Crippen LogP contribution in [0.4, 0.5) is 5.69 Å². The molecule has 2 aromatic rings. The Balaban J connectivity index is 1.40. The standard InChI is InChI=1S/C22H25N3O2/c1-14-7-15(2)9-19(8-14)25-6-5-20(22(25)27)21(26)24-11-16-3-4-17-12-23-13-18(17)10-16/h3-4,7-10,20,23H,5-6,11-13H2,1-2H3,(H,24,26). The topological polar surface area (TPSA) is 61.4 Å². The van der Waals surface area contributed by atoms with Crippen molar-refractivity contribution in [2.75, 3.05) is 11.4 Å². The van der Waals surface area contributed by atoms with Crippen LogP contribution in [0.1, 0.15) is 34.2 Å². The van der Waals surface area contributed by atoms with Gasteiger partial charge in [0.1, 0.15) is 5.92 Å². The molecule has 0 bridgehead atoms. The number of carbonyl (C=O) groups is 2. The summed E-state index contributed by atoms with van der Waals surface area (Å²) >= 11 is 0. The third kappa shape index (κ3) is 3.60. The number of benzene rings is 2. The van der Waals surface area contributed by atoms with E-state index in [9.17, 15) is 9.59 Å². The van der Waals surface area contributed by atoms with Crippen LogP contribution in [-0.2, 0) is 29.2 Å². The summed E-state index contributed by atoms with van der Waals surface area (Å²) in [4.78, 5) is 27.1. The van der Waals surface area contributed by atoms with Gasteiger partial charge in [-0.25, -0.2) is 0 Å². The van der Waals surface area contributed by atoms with E-state index < -0.39 is 5.92 Å². The van der Waals surface area contributed by atoms with E-state index in [2.05, 4.69) is 28.8 Å². The minimum Gasteiger partial charge on any atom is -0.351 e.